The predicted octanol–water partition coefficient (Wildman–Crippen LogP) is 6.87. The van der Waals surface area contributed by atoms with Crippen molar-refractivity contribution < 1.29 is 9.53 Å². The number of carbonyl (C=O) groups excluding carboxylic acids is 1. The van der Waals surface area contributed by atoms with Gasteiger partial charge >= 0.3 is 5.97 Å². The van der Waals surface area contributed by atoms with Crippen molar-refractivity contribution in [3.8, 4) is 0 Å². The molecule has 0 amide bonds. The van der Waals surface area contributed by atoms with Crippen LogP contribution in [0.3, 0.4) is 0 Å². The number of esters is 1. The molecule has 0 bridgehead atoms. The number of hydrogen-bond donors (Lipinski definition) is 0. The molecule has 4 saturated carbocycles. The van der Waals surface area contributed by atoms with Crippen molar-refractivity contribution in [2.45, 2.75) is 98.3 Å². The summed E-state index contributed by atoms with van der Waals surface area (Å²) in [7, 11) is 1.52. The minimum Gasteiger partial charge on any atom is -0.469 e. The fraction of sp³-hybridized carbons (Fsp3) is 0.962. The molecule has 0 aromatic heterocycles. The molecule has 0 aromatic rings. The lowest BCUT2D eigenvalue weighted by molar-refractivity contribution is -0.141. The zero-order chi connectivity index (χ0) is 20.1. The molecule has 0 spiro atoms. The van der Waals surface area contributed by atoms with Crippen LogP contribution in [0.5, 0.6) is 0 Å². The van der Waals surface area contributed by atoms with Gasteiger partial charge < -0.3 is 4.74 Å². The highest BCUT2D eigenvalue weighted by molar-refractivity contribution is 5.69. The van der Waals surface area contributed by atoms with Gasteiger partial charge in [-0.1, -0.05) is 34.1 Å². The summed E-state index contributed by atoms with van der Waals surface area (Å²) in [5.74, 6) is 6.27. The van der Waals surface area contributed by atoms with Crippen molar-refractivity contribution in [3.63, 3.8) is 0 Å². The maximum absolute atomic E-state index is 11.7. The van der Waals surface area contributed by atoms with Crippen LogP contribution in [0, 0.1) is 52.3 Å². The van der Waals surface area contributed by atoms with Gasteiger partial charge in [0.2, 0.25) is 0 Å². The monoisotopic (exact) mass is 388 g/mol. The summed E-state index contributed by atoms with van der Waals surface area (Å²) in [6.07, 6.45) is 14.8. The smallest absolute Gasteiger partial charge is 0.305 e. The first-order chi connectivity index (χ1) is 13.3. The summed E-state index contributed by atoms with van der Waals surface area (Å²) in [6, 6.07) is 0. The van der Waals surface area contributed by atoms with Gasteiger partial charge in [-0.3, -0.25) is 4.79 Å². The number of hydrogen-bond acceptors (Lipinski definition) is 2. The van der Waals surface area contributed by atoms with E-state index in [9.17, 15) is 4.79 Å². The summed E-state index contributed by atoms with van der Waals surface area (Å²) in [5.41, 5.74) is 1.15. The molecule has 0 saturated heterocycles. The Hall–Kier alpha value is -0.530. The second-order valence-corrected chi connectivity index (χ2v) is 11.9. The van der Waals surface area contributed by atoms with E-state index in [0.29, 0.717) is 23.2 Å². The molecule has 9 atom stereocenters. The Morgan fingerprint density at radius 2 is 1.71 bits per heavy atom. The predicted molar refractivity (Wildman–Crippen MR) is 115 cm³/mol. The Morgan fingerprint density at radius 3 is 2.46 bits per heavy atom. The van der Waals surface area contributed by atoms with Crippen molar-refractivity contribution in [2.75, 3.05) is 7.11 Å². The average Bonchev–Trinajstić information content (AvgIpc) is 3.03. The van der Waals surface area contributed by atoms with Gasteiger partial charge in [0.15, 0.2) is 0 Å². The maximum Gasteiger partial charge on any atom is 0.305 e. The molecular weight excluding hydrogens is 344 g/mol. The zero-order valence-corrected chi connectivity index (χ0v) is 19.1. The van der Waals surface area contributed by atoms with Crippen LogP contribution in [0.25, 0.3) is 0 Å². The fourth-order valence-electron chi connectivity index (χ4n) is 9.10. The van der Waals surface area contributed by atoms with Gasteiger partial charge in [0, 0.05) is 6.42 Å². The normalized spacial score (nSPS) is 48.9. The summed E-state index contributed by atoms with van der Waals surface area (Å²) in [5, 5.41) is 0. The van der Waals surface area contributed by atoms with Gasteiger partial charge in [0.1, 0.15) is 0 Å². The van der Waals surface area contributed by atoms with Gasteiger partial charge in [-0.05, 0) is 110 Å². The molecule has 8 unspecified atom stereocenters. The Balaban J connectivity index is 1.48. The minimum atomic E-state index is -0.0342. The Labute approximate surface area is 173 Å². The summed E-state index contributed by atoms with van der Waals surface area (Å²) >= 11 is 0. The molecule has 0 heterocycles. The molecule has 4 aliphatic rings. The third kappa shape index (κ3) is 3.25. The number of carbonyl (C=O) groups is 1. The van der Waals surface area contributed by atoms with E-state index in [4.69, 9.17) is 4.74 Å². The van der Waals surface area contributed by atoms with E-state index in [-0.39, 0.29) is 5.97 Å². The average molecular weight is 389 g/mol. The van der Waals surface area contributed by atoms with Crippen LogP contribution >= 0.6 is 0 Å². The molecule has 0 aliphatic heterocycles. The van der Waals surface area contributed by atoms with Gasteiger partial charge in [0.05, 0.1) is 7.11 Å². The van der Waals surface area contributed by atoms with E-state index >= 15 is 0 Å². The molecule has 4 aliphatic carbocycles. The third-order valence-corrected chi connectivity index (χ3v) is 10.7. The highest BCUT2D eigenvalue weighted by atomic mass is 16.5. The van der Waals surface area contributed by atoms with E-state index in [2.05, 4.69) is 27.7 Å². The van der Waals surface area contributed by atoms with Crippen LogP contribution in [0.15, 0.2) is 0 Å². The highest BCUT2D eigenvalue weighted by Gasteiger charge is 2.60. The number of ether oxygens (including phenoxy) is 1. The lowest BCUT2D eigenvalue weighted by Gasteiger charge is -2.61. The molecule has 0 N–H and O–H groups in total. The fourth-order valence-corrected chi connectivity index (χ4v) is 9.10. The van der Waals surface area contributed by atoms with Crippen LogP contribution in [-0.2, 0) is 9.53 Å². The van der Waals surface area contributed by atoms with Gasteiger partial charge in [-0.2, -0.15) is 0 Å². The van der Waals surface area contributed by atoms with E-state index in [0.717, 1.165) is 41.9 Å². The molecule has 2 nitrogen and oxygen atoms in total. The lowest BCUT2D eigenvalue weighted by atomic mass is 9.44. The Kier molecular flexibility index (Phi) is 5.64. The van der Waals surface area contributed by atoms with Gasteiger partial charge in [-0.25, -0.2) is 0 Å². The van der Waals surface area contributed by atoms with E-state index in [1.165, 1.54) is 64.9 Å². The minimum absolute atomic E-state index is 0.0342. The van der Waals surface area contributed by atoms with Crippen LogP contribution < -0.4 is 0 Å². The molecule has 4 rings (SSSR count). The van der Waals surface area contributed by atoms with E-state index in [1.54, 1.807) is 0 Å². The molecule has 0 radical (unpaired) electrons. The molecular formula is C26H44O2. The third-order valence-electron chi connectivity index (χ3n) is 10.7. The number of rotatable bonds is 4. The Morgan fingerprint density at radius 1 is 1.00 bits per heavy atom. The zero-order valence-electron chi connectivity index (χ0n) is 19.1. The topological polar surface area (TPSA) is 26.3 Å². The second kappa shape index (κ2) is 7.62. The van der Waals surface area contributed by atoms with Gasteiger partial charge in [0.25, 0.3) is 0 Å². The molecule has 160 valence electrons. The number of methoxy groups -OCH3 is 1. The van der Waals surface area contributed by atoms with E-state index < -0.39 is 0 Å². The highest BCUT2D eigenvalue weighted by Crippen LogP contribution is 2.68. The van der Waals surface area contributed by atoms with Gasteiger partial charge in [-0.15, -0.1) is 0 Å². The summed E-state index contributed by atoms with van der Waals surface area (Å²) in [6.45, 7) is 10.2. The van der Waals surface area contributed by atoms with Crippen molar-refractivity contribution in [1.82, 2.24) is 0 Å². The number of fused-ring (bicyclic) bond motifs is 5. The van der Waals surface area contributed by atoms with Crippen molar-refractivity contribution in [2.24, 2.45) is 52.3 Å². The first-order valence-corrected chi connectivity index (χ1v) is 12.4. The summed E-state index contributed by atoms with van der Waals surface area (Å²) < 4.78 is 4.90. The van der Waals surface area contributed by atoms with Crippen molar-refractivity contribution >= 4 is 5.97 Å². The largest absolute Gasteiger partial charge is 0.469 e. The van der Waals surface area contributed by atoms with E-state index in [1.807, 2.05) is 0 Å². The summed E-state index contributed by atoms with van der Waals surface area (Å²) in [4.78, 5) is 11.7. The van der Waals surface area contributed by atoms with Crippen LogP contribution in [-0.4, -0.2) is 13.1 Å². The van der Waals surface area contributed by atoms with Crippen LogP contribution in [0.2, 0.25) is 0 Å². The first kappa shape index (κ1) is 20.7. The molecule has 4 fully saturated rings. The quantitative estimate of drug-likeness (QED) is 0.491. The van der Waals surface area contributed by atoms with Crippen LogP contribution in [0.4, 0.5) is 0 Å². The van der Waals surface area contributed by atoms with Crippen molar-refractivity contribution in [1.29, 1.82) is 0 Å². The SMILES string of the molecule is COC(=O)CCC(C)C1CCC2C3CCC4C[C@H](C)CCC4(C)C3CCC12C. The standard InChI is InChI=1S/C26H44O2/c1-17-12-14-25(3)19(16-17)7-8-20-22-10-9-21(18(2)6-11-24(27)28-5)26(22,4)15-13-23(20)25/h17-23H,6-16H2,1-5H3/t17-,18?,19?,20?,21?,22?,23?,25?,26?/m1/s1. The molecule has 2 heteroatoms. The van der Waals surface area contributed by atoms with Crippen LogP contribution in [0.1, 0.15) is 98.3 Å². The molecule has 28 heavy (non-hydrogen) atoms. The lowest BCUT2D eigenvalue weighted by Crippen LogP contribution is -2.53. The first-order valence-electron chi connectivity index (χ1n) is 12.4. The van der Waals surface area contributed by atoms with Crippen molar-refractivity contribution in [3.05, 3.63) is 0 Å². The maximum atomic E-state index is 11.7. The molecule has 0 aromatic carbocycles. The second-order valence-electron chi connectivity index (χ2n) is 11.9. The Bertz CT molecular complexity index is 585.